The Labute approximate surface area is 100 Å². The summed E-state index contributed by atoms with van der Waals surface area (Å²) in [6, 6.07) is 5.64. The number of hydrogen-bond donors (Lipinski definition) is 0. The van der Waals surface area contributed by atoms with Crippen LogP contribution in [0.4, 0.5) is 4.39 Å². The molecule has 0 radical (unpaired) electrons. The summed E-state index contributed by atoms with van der Waals surface area (Å²) in [6.07, 6.45) is 0.0892. The van der Waals surface area contributed by atoms with Crippen LogP contribution in [0.5, 0.6) is 0 Å². The Morgan fingerprint density at radius 1 is 1.24 bits per heavy atom. The molecule has 1 fully saturated rings. The lowest BCUT2D eigenvalue weighted by Crippen LogP contribution is -2.48. The van der Waals surface area contributed by atoms with Crippen LogP contribution in [0.2, 0.25) is 0 Å². The molecule has 1 aliphatic heterocycles. The van der Waals surface area contributed by atoms with E-state index in [2.05, 4.69) is 0 Å². The number of nitrogens with zero attached hydrogens (tertiary/aromatic N) is 1. The number of carbonyl (C=O) groups is 1. The second-order valence-electron chi connectivity index (χ2n) is 4.47. The highest BCUT2D eigenvalue weighted by atomic mass is 19.1. The molecule has 0 spiro atoms. The highest BCUT2D eigenvalue weighted by Crippen LogP contribution is 2.14. The van der Waals surface area contributed by atoms with Crippen LogP contribution < -0.4 is 0 Å². The topological polar surface area (TPSA) is 29.5 Å². The van der Waals surface area contributed by atoms with E-state index in [-0.39, 0.29) is 23.9 Å². The van der Waals surface area contributed by atoms with Gasteiger partial charge in [-0.3, -0.25) is 4.79 Å². The number of carbonyl (C=O) groups excluding carboxylic acids is 1. The zero-order chi connectivity index (χ0) is 12.4. The molecule has 1 aromatic rings. The maximum Gasteiger partial charge on any atom is 0.254 e. The highest BCUT2D eigenvalue weighted by molar-refractivity contribution is 5.94. The minimum absolute atomic E-state index is 0.0446. The van der Waals surface area contributed by atoms with E-state index < -0.39 is 0 Å². The SMILES string of the molecule is CC1CN(C(=O)c2ccc(F)cc2)CC(C)O1. The average molecular weight is 237 g/mol. The lowest BCUT2D eigenvalue weighted by molar-refractivity contribution is -0.0586. The molecule has 1 aliphatic rings. The number of amides is 1. The summed E-state index contributed by atoms with van der Waals surface area (Å²) in [5.41, 5.74) is 0.521. The van der Waals surface area contributed by atoms with Crippen LogP contribution in [0, 0.1) is 5.82 Å². The van der Waals surface area contributed by atoms with Gasteiger partial charge in [0.25, 0.3) is 5.91 Å². The van der Waals surface area contributed by atoms with Gasteiger partial charge in [0.05, 0.1) is 12.2 Å². The van der Waals surface area contributed by atoms with Crippen molar-refractivity contribution in [3.8, 4) is 0 Å². The molecule has 0 bridgehead atoms. The number of ether oxygens (including phenoxy) is 1. The zero-order valence-electron chi connectivity index (χ0n) is 10.0. The molecule has 1 saturated heterocycles. The van der Waals surface area contributed by atoms with Crippen LogP contribution in [0.25, 0.3) is 0 Å². The summed E-state index contributed by atoms with van der Waals surface area (Å²) in [6.45, 7) is 5.06. The van der Waals surface area contributed by atoms with Gasteiger partial charge in [0.15, 0.2) is 0 Å². The van der Waals surface area contributed by atoms with Crippen LogP contribution in [0.15, 0.2) is 24.3 Å². The second-order valence-corrected chi connectivity index (χ2v) is 4.47. The average Bonchev–Trinajstić information content (AvgIpc) is 2.28. The molecule has 3 nitrogen and oxygen atoms in total. The molecule has 1 amide bonds. The molecule has 2 unspecified atom stereocenters. The Balaban J connectivity index is 2.11. The van der Waals surface area contributed by atoms with Gasteiger partial charge < -0.3 is 9.64 Å². The summed E-state index contributed by atoms with van der Waals surface area (Å²) in [5, 5.41) is 0. The van der Waals surface area contributed by atoms with E-state index in [1.54, 1.807) is 4.90 Å². The lowest BCUT2D eigenvalue weighted by atomic mass is 10.1. The Bertz CT molecular complexity index is 394. The maximum atomic E-state index is 12.8. The molecule has 4 heteroatoms. The first-order valence-corrected chi connectivity index (χ1v) is 5.76. The smallest absolute Gasteiger partial charge is 0.254 e. The van der Waals surface area contributed by atoms with Crippen LogP contribution in [-0.4, -0.2) is 36.1 Å². The van der Waals surface area contributed by atoms with E-state index in [0.29, 0.717) is 18.7 Å². The molecule has 0 aliphatic carbocycles. The summed E-state index contributed by atoms with van der Waals surface area (Å²) in [7, 11) is 0. The highest BCUT2D eigenvalue weighted by Gasteiger charge is 2.26. The molecule has 1 heterocycles. The number of halogens is 1. The van der Waals surface area contributed by atoms with Crippen LogP contribution >= 0.6 is 0 Å². The third kappa shape index (κ3) is 2.82. The van der Waals surface area contributed by atoms with Crippen molar-refractivity contribution in [2.45, 2.75) is 26.1 Å². The Morgan fingerprint density at radius 2 is 1.76 bits per heavy atom. The van der Waals surface area contributed by atoms with E-state index in [1.165, 1.54) is 24.3 Å². The number of hydrogen-bond acceptors (Lipinski definition) is 2. The lowest BCUT2D eigenvalue weighted by Gasteiger charge is -2.35. The van der Waals surface area contributed by atoms with Crippen LogP contribution in [0.1, 0.15) is 24.2 Å². The van der Waals surface area contributed by atoms with Crippen molar-refractivity contribution in [3.63, 3.8) is 0 Å². The molecule has 92 valence electrons. The monoisotopic (exact) mass is 237 g/mol. The molecule has 0 saturated carbocycles. The van der Waals surface area contributed by atoms with Crippen molar-refractivity contribution in [3.05, 3.63) is 35.6 Å². The van der Waals surface area contributed by atoms with Gasteiger partial charge in [0, 0.05) is 18.7 Å². The van der Waals surface area contributed by atoms with Gasteiger partial charge >= 0.3 is 0 Å². The summed E-state index contributed by atoms with van der Waals surface area (Å²) in [4.78, 5) is 13.9. The van der Waals surface area contributed by atoms with E-state index >= 15 is 0 Å². The molecule has 1 aromatic carbocycles. The molecule has 0 N–H and O–H groups in total. The van der Waals surface area contributed by atoms with Crippen molar-refractivity contribution >= 4 is 5.91 Å². The molecule has 17 heavy (non-hydrogen) atoms. The van der Waals surface area contributed by atoms with Gasteiger partial charge in [-0.25, -0.2) is 4.39 Å². The van der Waals surface area contributed by atoms with Crippen LogP contribution in [0.3, 0.4) is 0 Å². The van der Waals surface area contributed by atoms with E-state index in [1.807, 2.05) is 13.8 Å². The minimum atomic E-state index is -0.328. The van der Waals surface area contributed by atoms with Gasteiger partial charge in [-0.15, -0.1) is 0 Å². The second kappa shape index (κ2) is 4.84. The van der Waals surface area contributed by atoms with Gasteiger partial charge in [0.2, 0.25) is 0 Å². The third-order valence-electron chi connectivity index (χ3n) is 2.80. The van der Waals surface area contributed by atoms with E-state index in [0.717, 1.165) is 0 Å². The summed E-state index contributed by atoms with van der Waals surface area (Å²) < 4.78 is 18.3. The molecule has 0 aromatic heterocycles. The Morgan fingerprint density at radius 3 is 2.29 bits per heavy atom. The third-order valence-corrected chi connectivity index (χ3v) is 2.80. The predicted octanol–water partition coefficient (Wildman–Crippen LogP) is 2.08. The number of morpholine rings is 1. The number of benzene rings is 1. The van der Waals surface area contributed by atoms with Gasteiger partial charge in [-0.2, -0.15) is 0 Å². The van der Waals surface area contributed by atoms with E-state index in [9.17, 15) is 9.18 Å². The Hall–Kier alpha value is -1.42. The molecular formula is C13H16FNO2. The van der Waals surface area contributed by atoms with Crippen molar-refractivity contribution in [1.29, 1.82) is 0 Å². The molecule has 2 atom stereocenters. The summed E-state index contributed by atoms with van der Waals surface area (Å²) >= 11 is 0. The van der Waals surface area contributed by atoms with Gasteiger partial charge in [-0.05, 0) is 38.1 Å². The standard InChI is InChI=1S/C13H16FNO2/c1-9-7-15(8-10(2)17-9)13(16)11-3-5-12(14)6-4-11/h3-6,9-10H,7-8H2,1-2H3. The first-order valence-electron chi connectivity index (χ1n) is 5.76. The Kier molecular flexibility index (Phi) is 3.43. The van der Waals surface area contributed by atoms with E-state index in [4.69, 9.17) is 4.74 Å². The quantitative estimate of drug-likeness (QED) is 0.748. The molecular weight excluding hydrogens is 221 g/mol. The van der Waals surface area contributed by atoms with Crippen LogP contribution in [-0.2, 0) is 4.74 Å². The first kappa shape index (κ1) is 12.0. The van der Waals surface area contributed by atoms with Gasteiger partial charge in [0.1, 0.15) is 5.82 Å². The fourth-order valence-corrected chi connectivity index (χ4v) is 2.12. The zero-order valence-corrected chi connectivity index (χ0v) is 10.0. The number of rotatable bonds is 1. The maximum absolute atomic E-state index is 12.8. The van der Waals surface area contributed by atoms with Crippen molar-refractivity contribution in [1.82, 2.24) is 4.90 Å². The normalized spacial score (nSPS) is 24.8. The predicted molar refractivity (Wildman–Crippen MR) is 62.3 cm³/mol. The van der Waals surface area contributed by atoms with Crippen molar-refractivity contribution in [2.24, 2.45) is 0 Å². The summed E-state index contributed by atoms with van der Waals surface area (Å²) in [5.74, 6) is -0.391. The molecule has 2 rings (SSSR count). The fourth-order valence-electron chi connectivity index (χ4n) is 2.12. The van der Waals surface area contributed by atoms with Crippen molar-refractivity contribution < 1.29 is 13.9 Å². The van der Waals surface area contributed by atoms with Crippen molar-refractivity contribution in [2.75, 3.05) is 13.1 Å². The largest absolute Gasteiger partial charge is 0.372 e. The minimum Gasteiger partial charge on any atom is -0.372 e. The first-order chi connectivity index (χ1) is 8.06. The van der Waals surface area contributed by atoms with Gasteiger partial charge in [-0.1, -0.05) is 0 Å². The fraction of sp³-hybridized carbons (Fsp3) is 0.462.